The second-order valence-corrected chi connectivity index (χ2v) is 8.77. The molecule has 0 saturated heterocycles. The lowest BCUT2D eigenvalue weighted by Gasteiger charge is -2.13. The smallest absolute Gasteiger partial charge is 0.220 e. The van der Waals surface area contributed by atoms with Crippen molar-refractivity contribution in [2.45, 2.75) is 43.1 Å². The van der Waals surface area contributed by atoms with Crippen LogP contribution in [-0.2, 0) is 17.1 Å². The van der Waals surface area contributed by atoms with Crippen molar-refractivity contribution in [3.63, 3.8) is 0 Å². The van der Waals surface area contributed by atoms with Gasteiger partial charge < -0.3 is 11.1 Å². The number of amides is 1. The Morgan fingerprint density at radius 3 is 2.65 bits per heavy atom. The fraction of sp³-hybridized carbons (Fsp3) is 0.318. The van der Waals surface area contributed by atoms with Gasteiger partial charge in [-0.3, -0.25) is 9.36 Å². The van der Waals surface area contributed by atoms with Crippen molar-refractivity contribution in [3.05, 3.63) is 70.0 Å². The Balaban J connectivity index is 1.77. The topological polar surface area (TPSA) is 85.8 Å². The van der Waals surface area contributed by atoms with Crippen LogP contribution in [0.25, 0.3) is 5.69 Å². The van der Waals surface area contributed by atoms with Gasteiger partial charge in [0.15, 0.2) is 11.0 Å². The van der Waals surface area contributed by atoms with E-state index in [1.54, 1.807) is 30.0 Å². The third kappa shape index (κ3) is 6.97. The second kappa shape index (κ2) is 12.1. The number of aromatic nitrogens is 3. The lowest BCUT2D eigenvalue weighted by molar-refractivity contribution is -0.121. The predicted octanol–water partition coefficient (Wildman–Crippen LogP) is 5.00. The number of nitrogens with zero attached hydrogens (tertiary/aromatic N) is 3. The molecule has 3 aromatic rings. The average molecular weight is 478 g/mol. The highest BCUT2D eigenvalue weighted by Gasteiger charge is 2.18. The summed E-state index contributed by atoms with van der Waals surface area (Å²) < 4.78 is 1.86. The molecule has 1 heterocycles. The van der Waals surface area contributed by atoms with Gasteiger partial charge in [0.25, 0.3) is 0 Å². The zero-order valence-corrected chi connectivity index (χ0v) is 19.4. The first-order valence-corrected chi connectivity index (χ1v) is 11.9. The van der Waals surface area contributed by atoms with Crippen LogP contribution in [0.2, 0.25) is 10.0 Å². The van der Waals surface area contributed by atoms with Gasteiger partial charge in [-0.25, -0.2) is 0 Å². The molecule has 2 aromatic carbocycles. The second-order valence-electron chi connectivity index (χ2n) is 6.98. The maximum absolute atomic E-state index is 12.2. The highest BCUT2D eigenvalue weighted by Crippen LogP contribution is 2.30. The molecule has 0 unspecified atom stereocenters. The third-order valence-corrected chi connectivity index (χ3v) is 6.17. The van der Waals surface area contributed by atoms with Gasteiger partial charge in [0, 0.05) is 17.2 Å². The number of halogens is 2. The summed E-state index contributed by atoms with van der Waals surface area (Å²) in [7, 11) is 0. The molecule has 6 nitrogen and oxygen atoms in total. The first-order valence-electron chi connectivity index (χ1n) is 10.1. The van der Waals surface area contributed by atoms with Crippen LogP contribution in [-0.4, -0.2) is 27.2 Å². The molecule has 0 bridgehead atoms. The number of nitrogens with two attached hydrogens (primary N) is 1. The number of nitrogens with one attached hydrogen (secondary N) is 1. The molecule has 9 heteroatoms. The summed E-state index contributed by atoms with van der Waals surface area (Å²) in [5.74, 6) is 1.29. The lowest BCUT2D eigenvalue weighted by Crippen LogP contribution is -2.24. The van der Waals surface area contributed by atoms with Crippen molar-refractivity contribution in [2.24, 2.45) is 5.73 Å². The standard InChI is InChI=1S/C22H25Cl2N5OS/c23-17-10-11-18(24)19(13-17)29-20(14-26-21(30)9-5-2-6-12-25)27-28-22(29)31-15-16-7-3-1-4-8-16/h1,3-4,7-8,10-11,13H,2,5-6,9,12,14-15,25H2,(H,26,30). The van der Waals surface area contributed by atoms with Crippen molar-refractivity contribution in [2.75, 3.05) is 6.54 Å². The molecular formula is C22H25Cl2N5OS. The van der Waals surface area contributed by atoms with Crippen LogP contribution in [0, 0.1) is 0 Å². The molecule has 1 amide bonds. The van der Waals surface area contributed by atoms with Gasteiger partial charge in [-0.2, -0.15) is 0 Å². The quantitative estimate of drug-likeness (QED) is 0.299. The molecule has 164 valence electrons. The Labute approximate surface area is 196 Å². The first-order chi connectivity index (χ1) is 15.1. The number of hydrogen-bond acceptors (Lipinski definition) is 5. The van der Waals surface area contributed by atoms with E-state index in [9.17, 15) is 4.79 Å². The van der Waals surface area contributed by atoms with Gasteiger partial charge in [-0.15, -0.1) is 10.2 Å². The maximum Gasteiger partial charge on any atom is 0.220 e. The summed E-state index contributed by atoms with van der Waals surface area (Å²) in [6, 6.07) is 15.4. The van der Waals surface area contributed by atoms with E-state index in [-0.39, 0.29) is 12.5 Å². The van der Waals surface area contributed by atoms with Gasteiger partial charge in [-0.1, -0.05) is 71.7 Å². The molecule has 1 aromatic heterocycles. The number of carbonyl (C=O) groups is 1. The molecule has 0 aliphatic heterocycles. The van der Waals surface area contributed by atoms with Crippen molar-refractivity contribution >= 4 is 40.9 Å². The van der Waals surface area contributed by atoms with Crippen LogP contribution < -0.4 is 11.1 Å². The van der Waals surface area contributed by atoms with E-state index >= 15 is 0 Å². The number of benzene rings is 2. The molecule has 0 aliphatic rings. The zero-order chi connectivity index (χ0) is 22.1. The number of rotatable bonds is 11. The van der Waals surface area contributed by atoms with Crippen molar-refractivity contribution < 1.29 is 4.79 Å². The normalized spacial score (nSPS) is 10.9. The molecule has 0 fully saturated rings. The first kappa shape index (κ1) is 23.6. The summed E-state index contributed by atoms with van der Waals surface area (Å²) in [5, 5.41) is 13.4. The van der Waals surface area contributed by atoms with Crippen LogP contribution in [0.5, 0.6) is 0 Å². The van der Waals surface area contributed by atoms with E-state index in [4.69, 9.17) is 28.9 Å². The molecular weight excluding hydrogens is 453 g/mol. The van der Waals surface area contributed by atoms with Crippen molar-refractivity contribution in [1.29, 1.82) is 0 Å². The van der Waals surface area contributed by atoms with E-state index in [1.165, 1.54) is 5.56 Å². The molecule has 31 heavy (non-hydrogen) atoms. The van der Waals surface area contributed by atoms with Crippen molar-refractivity contribution in [1.82, 2.24) is 20.1 Å². The minimum atomic E-state index is -0.0257. The van der Waals surface area contributed by atoms with Gasteiger partial charge in [0.1, 0.15) is 0 Å². The van der Waals surface area contributed by atoms with E-state index in [2.05, 4.69) is 27.6 Å². The Hall–Kier alpha value is -2.06. The summed E-state index contributed by atoms with van der Waals surface area (Å²) in [6.07, 6.45) is 3.14. The Morgan fingerprint density at radius 1 is 1.06 bits per heavy atom. The number of thioether (sulfide) groups is 1. The van der Waals surface area contributed by atoms with E-state index in [0.717, 1.165) is 25.0 Å². The Bertz CT molecular complexity index is 997. The average Bonchev–Trinajstić information content (AvgIpc) is 3.19. The summed E-state index contributed by atoms with van der Waals surface area (Å²) in [6.45, 7) is 0.895. The molecule has 0 atom stereocenters. The summed E-state index contributed by atoms with van der Waals surface area (Å²) >= 11 is 14.2. The van der Waals surface area contributed by atoms with Gasteiger partial charge in [0.2, 0.25) is 5.91 Å². The van der Waals surface area contributed by atoms with E-state index in [0.29, 0.717) is 39.7 Å². The Morgan fingerprint density at radius 2 is 1.87 bits per heavy atom. The molecule has 0 radical (unpaired) electrons. The SMILES string of the molecule is NCCCCCC(=O)NCc1nnc(SCc2ccccc2)n1-c1cc(Cl)ccc1Cl. The molecule has 0 saturated carbocycles. The van der Waals surface area contributed by atoms with Gasteiger partial charge in [0.05, 0.1) is 17.3 Å². The Kier molecular flexibility index (Phi) is 9.21. The minimum absolute atomic E-state index is 0.0257. The summed E-state index contributed by atoms with van der Waals surface area (Å²) in [5.41, 5.74) is 7.35. The van der Waals surface area contributed by atoms with Crippen LogP contribution in [0.1, 0.15) is 37.1 Å². The number of hydrogen-bond donors (Lipinski definition) is 2. The highest BCUT2D eigenvalue weighted by molar-refractivity contribution is 7.98. The molecule has 3 N–H and O–H groups in total. The lowest BCUT2D eigenvalue weighted by atomic mass is 10.2. The zero-order valence-electron chi connectivity index (χ0n) is 17.1. The monoisotopic (exact) mass is 477 g/mol. The highest BCUT2D eigenvalue weighted by atomic mass is 35.5. The van der Waals surface area contributed by atoms with E-state index < -0.39 is 0 Å². The molecule has 0 aliphatic carbocycles. The third-order valence-electron chi connectivity index (χ3n) is 4.61. The fourth-order valence-corrected chi connectivity index (χ4v) is 4.29. The van der Waals surface area contributed by atoms with E-state index in [1.807, 2.05) is 22.8 Å². The number of unbranched alkanes of at least 4 members (excludes halogenated alkanes) is 2. The summed E-state index contributed by atoms with van der Waals surface area (Å²) in [4.78, 5) is 12.2. The van der Waals surface area contributed by atoms with Crippen LogP contribution in [0.15, 0.2) is 53.7 Å². The van der Waals surface area contributed by atoms with Crippen LogP contribution in [0.3, 0.4) is 0 Å². The minimum Gasteiger partial charge on any atom is -0.349 e. The number of carbonyl (C=O) groups excluding carboxylic acids is 1. The molecule has 0 spiro atoms. The van der Waals surface area contributed by atoms with Crippen molar-refractivity contribution in [3.8, 4) is 5.69 Å². The largest absolute Gasteiger partial charge is 0.349 e. The predicted molar refractivity (Wildman–Crippen MR) is 127 cm³/mol. The van der Waals surface area contributed by atoms with Crippen LogP contribution >= 0.6 is 35.0 Å². The van der Waals surface area contributed by atoms with Crippen LogP contribution in [0.4, 0.5) is 0 Å². The fourth-order valence-electron chi connectivity index (χ4n) is 3.00. The van der Waals surface area contributed by atoms with Gasteiger partial charge in [-0.05, 0) is 43.1 Å². The van der Waals surface area contributed by atoms with Gasteiger partial charge >= 0.3 is 0 Å². The maximum atomic E-state index is 12.2. The molecule has 3 rings (SSSR count).